The summed E-state index contributed by atoms with van der Waals surface area (Å²) in [5, 5.41) is 2.76. The molecule has 1 N–H and O–H groups in total. The second-order valence-corrected chi connectivity index (χ2v) is 8.91. The van der Waals surface area contributed by atoms with Crippen molar-refractivity contribution in [3.8, 4) is 0 Å². The molecule has 0 spiro atoms. The predicted octanol–water partition coefficient (Wildman–Crippen LogP) is 2.47. The standard InChI is InChI=1S/C20H20F2N4O3S/c1-25(2)30(28,29)17-12-14(6-9-16(17)22)20(27)24-18(19-23-10-11-26(19)3)13-4-7-15(21)8-5-13/h4-12,18H,1-3H3,(H,24,27). The van der Waals surface area contributed by atoms with E-state index in [-0.39, 0.29) is 5.56 Å². The Balaban J connectivity index is 1.99. The summed E-state index contributed by atoms with van der Waals surface area (Å²) in [6.45, 7) is 0. The summed E-state index contributed by atoms with van der Waals surface area (Å²) < 4.78 is 54.7. The number of aryl methyl sites for hydroxylation is 1. The fourth-order valence-corrected chi connectivity index (χ4v) is 3.84. The summed E-state index contributed by atoms with van der Waals surface area (Å²) in [5.41, 5.74) is 0.528. The van der Waals surface area contributed by atoms with Crippen LogP contribution in [0.2, 0.25) is 0 Å². The van der Waals surface area contributed by atoms with Crippen molar-refractivity contribution in [3.05, 3.63) is 83.4 Å². The van der Waals surface area contributed by atoms with Crippen LogP contribution >= 0.6 is 0 Å². The number of hydrogen-bond donors (Lipinski definition) is 1. The predicted molar refractivity (Wildman–Crippen MR) is 106 cm³/mol. The lowest BCUT2D eigenvalue weighted by molar-refractivity contribution is 0.0941. The van der Waals surface area contributed by atoms with Gasteiger partial charge in [0.25, 0.3) is 5.91 Å². The van der Waals surface area contributed by atoms with Crippen LogP contribution in [0.5, 0.6) is 0 Å². The SMILES string of the molecule is CN(C)S(=O)(=O)c1cc(C(=O)NC(c2ccc(F)cc2)c2nccn2C)ccc1F. The van der Waals surface area contributed by atoms with Crippen LogP contribution in [0.25, 0.3) is 0 Å². The van der Waals surface area contributed by atoms with Gasteiger partial charge in [0.15, 0.2) is 0 Å². The van der Waals surface area contributed by atoms with E-state index >= 15 is 0 Å². The Labute approximate surface area is 173 Å². The minimum absolute atomic E-state index is 0.0434. The van der Waals surface area contributed by atoms with Crippen LogP contribution in [-0.4, -0.2) is 42.3 Å². The number of sulfonamides is 1. The zero-order valence-electron chi connectivity index (χ0n) is 16.5. The van der Waals surface area contributed by atoms with Crippen molar-refractivity contribution in [2.75, 3.05) is 14.1 Å². The minimum Gasteiger partial charge on any atom is -0.338 e. The Bertz CT molecular complexity index is 1180. The molecule has 0 saturated carbocycles. The molecule has 1 amide bonds. The Kier molecular flexibility index (Phi) is 5.99. The smallest absolute Gasteiger partial charge is 0.252 e. The van der Waals surface area contributed by atoms with E-state index in [1.807, 2.05) is 0 Å². The van der Waals surface area contributed by atoms with Crippen molar-refractivity contribution >= 4 is 15.9 Å². The number of amides is 1. The van der Waals surface area contributed by atoms with Crippen molar-refractivity contribution in [2.24, 2.45) is 7.05 Å². The molecular weight excluding hydrogens is 414 g/mol. The van der Waals surface area contributed by atoms with Gasteiger partial charge in [0.1, 0.15) is 28.4 Å². The maximum absolute atomic E-state index is 14.1. The number of carbonyl (C=O) groups excluding carboxylic acids is 1. The number of rotatable bonds is 6. The summed E-state index contributed by atoms with van der Waals surface area (Å²) >= 11 is 0. The highest BCUT2D eigenvalue weighted by atomic mass is 32.2. The monoisotopic (exact) mass is 434 g/mol. The molecule has 0 saturated heterocycles. The third-order valence-electron chi connectivity index (χ3n) is 4.55. The molecule has 0 radical (unpaired) electrons. The van der Waals surface area contributed by atoms with Crippen molar-refractivity contribution in [1.82, 2.24) is 19.2 Å². The van der Waals surface area contributed by atoms with E-state index in [0.29, 0.717) is 11.4 Å². The minimum atomic E-state index is -4.08. The van der Waals surface area contributed by atoms with E-state index in [0.717, 1.165) is 16.4 Å². The second kappa shape index (κ2) is 8.33. The van der Waals surface area contributed by atoms with Gasteiger partial charge >= 0.3 is 0 Å². The van der Waals surface area contributed by atoms with Crippen molar-refractivity contribution in [3.63, 3.8) is 0 Å². The molecule has 10 heteroatoms. The van der Waals surface area contributed by atoms with Gasteiger partial charge in [-0.25, -0.2) is 26.5 Å². The van der Waals surface area contributed by atoms with E-state index in [1.54, 1.807) is 24.0 Å². The molecule has 1 heterocycles. The normalized spacial score (nSPS) is 12.7. The van der Waals surface area contributed by atoms with Gasteiger partial charge in [-0.3, -0.25) is 4.79 Å². The fourth-order valence-electron chi connectivity index (χ4n) is 2.86. The summed E-state index contributed by atoms with van der Waals surface area (Å²) in [6, 6.07) is 7.92. The summed E-state index contributed by atoms with van der Waals surface area (Å²) in [5.74, 6) is -1.54. The van der Waals surface area contributed by atoms with E-state index < -0.39 is 38.5 Å². The molecule has 0 aliphatic rings. The molecule has 158 valence electrons. The lowest BCUT2D eigenvalue weighted by Gasteiger charge is -2.20. The van der Waals surface area contributed by atoms with Crippen molar-refractivity contribution in [1.29, 1.82) is 0 Å². The molecule has 0 aliphatic heterocycles. The molecule has 3 aromatic rings. The maximum Gasteiger partial charge on any atom is 0.252 e. The highest BCUT2D eigenvalue weighted by Crippen LogP contribution is 2.23. The van der Waals surface area contributed by atoms with Gasteiger partial charge in [0.05, 0.1) is 0 Å². The van der Waals surface area contributed by atoms with Gasteiger partial charge in [0.2, 0.25) is 10.0 Å². The third-order valence-corrected chi connectivity index (χ3v) is 6.38. The quantitative estimate of drug-likeness (QED) is 0.646. The first-order chi connectivity index (χ1) is 14.1. The molecule has 3 rings (SSSR count). The number of aromatic nitrogens is 2. The molecule has 1 unspecified atom stereocenters. The van der Waals surface area contributed by atoms with Crippen molar-refractivity contribution in [2.45, 2.75) is 10.9 Å². The molecule has 0 aliphatic carbocycles. The van der Waals surface area contributed by atoms with Crippen LogP contribution in [-0.2, 0) is 17.1 Å². The second-order valence-electron chi connectivity index (χ2n) is 6.79. The fraction of sp³-hybridized carbons (Fsp3) is 0.200. The van der Waals surface area contributed by atoms with Gasteiger partial charge in [0, 0.05) is 39.1 Å². The van der Waals surface area contributed by atoms with Gasteiger partial charge in [-0.15, -0.1) is 0 Å². The number of benzene rings is 2. The van der Waals surface area contributed by atoms with Crippen LogP contribution in [0.15, 0.2) is 59.8 Å². The number of nitrogens with one attached hydrogen (secondary N) is 1. The first-order valence-corrected chi connectivity index (χ1v) is 10.3. The first-order valence-electron chi connectivity index (χ1n) is 8.87. The van der Waals surface area contributed by atoms with E-state index in [4.69, 9.17) is 0 Å². The van der Waals surface area contributed by atoms with Crippen molar-refractivity contribution < 1.29 is 22.0 Å². The topological polar surface area (TPSA) is 84.3 Å². The molecule has 2 aromatic carbocycles. The summed E-state index contributed by atoms with van der Waals surface area (Å²) in [4.78, 5) is 16.6. The first kappa shape index (κ1) is 21.6. The van der Waals surface area contributed by atoms with Gasteiger partial charge in [-0.2, -0.15) is 0 Å². The number of halogens is 2. The van der Waals surface area contributed by atoms with E-state index in [2.05, 4.69) is 10.3 Å². The maximum atomic E-state index is 14.1. The van der Waals surface area contributed by atoms with Gasteiger partial charge < -0.3 is 9.88 Å². The molecule has 0 fully saturated rings. The molecule has 0 bridgehead atoms. The summed E-state index contributed by atoms with van der Waals surface area (Å²) in [7, 11) is 0.204. The Morgan fingerprint density at radius 2 is 1.80 bits per heavy atom. The Morgan fingerprint density at radius 3 is 2.37 bits per heavy atom. The number of nitrogens with zero attached hydrogens (tertiary/aromatic N) is 3. The zero-order chi connectivity index (χ0) is 22.1. The van der Waals surface area contributed by atoms with Crippen LogP contribution < -0.4 is 5.32 Å². The highest BCUT2D eigenvalue weighted by molar-refractivity contribution is 7.89. The zero-order valence-corrected chi connectivity index (χ0v) is 17.3. The third kappa shape index (κ3) is 4.24. The molecule has 7 nitrogen and oxygen atoms in total. The molecule has 1 atom stereocenters. The van der Waals surface area contributed by atoms with Gasteiger partial charge in [-0.05, 0) is 35.9 Å². The van der Waals surface area contributed by atoms with Crippen LogP contribution in [0.1, 0.15) is 27.8 Å². The molecular formula is C20H20F2N4O3S. The average Bonchev–Trinajstić information content (AvgIpc) is 3.12. The molecule has 1 aromatic heterocycles. The van der Waals surface area contributed by atoms with Crippen LogP contribution in [0.3, 0.4) is 0 Å². The van der Waals surface area contributed by atoms with Crippen LogP contribution in [0, 0.1) is 11.6 Å². The van der Waals surface area contributed by atoms with E-state index in [9.17, 15) is 22.0 Å². The molecule has 30 heavy (non-hydrogen) atoms. The Morgan fingerprint density at radius 1 is 1.13 bits per heavy atom. The lowest BCUT2D eigenvalue weighted by atomic mass is 10.1. The number of imidazole rings is 1. The Hall–Kier alpha value is -3.11. The largest absolute Gasteiger partial charge is 0.338 e. The number of carbonyl (C=O) groups is 1. The highest BCUT2D eigenvalue weighted by Gasteiger charge is 2.26. The lowest BCUT2D eigenvalue weighted by Crippen LogP contribution is -2.31. The van der Waals surface area contributed by atoms with Crippen LogP contribution in [0.4, 0.5) is 8.78 Å². The summed E-state index contributed by atoms with van der Waals surface area (Å²) in [6.07, 6.45) is 3.25. The number of hydrogen-bond acceptors (Lipinski definition) is 4. The van der Waals surface area contributed by atoms with Gasteiger partial charge in [-0.1, -0.05) is 12.1 Å². The average molecular weight is 434 g/mol. The van der Waals surface area contributed by atoms with E-state index in [1.165, 1.54) is 44.4 Å².